The SMILES string of the molecule is CCn1ncnc1CN1CCCCC1CC(=O)OC. The van der Waals surface area contributed by atoms with Gasteiger partial charge in [0, 0.05) is 12.6 Å². The van der Waals surface area contributed by atoms with Crippen LogP contribution < -0.4 is 0 Å². The van der Waals surface area contributed by atoms with Crippen LogP contribution in [-0.4, -0.2) is 45.3 Å². The Labute approximate surface area is 113 Å². The number of methoxy groups -OCH3 is 1. The van der Waals surface area contributed by atoms with E-state index in [-0.39, 0.29) is 12.0 Å². The van der Waals surface area contributed by atoms with Gasteiger partial charge < -0.3 is 4.74 Å². The fourth-order valence-corrected chi connectivity index (χ4v) is 2.63. The van der Waals surface area contributed by atoms with E-state index in [1.807, 2.05) is 4.68 Å². The molecule has 1 atom stereocenters. The summed E-state index contributed by atoms with van der Waals surface area (Å²) < 4.78 is 6.69. The number of likely N-dealkylation sites (tertiary alicyclic amines) is 1. The minimum Gasteiger partial charge on any atom is -0.469 e. The van der Waals surface area contributed by atoms with Gasteiger partial charge in [-0.1, -0.05) is 6.42 Å². The third kappa shape index (κ3) is 3.53. The first kappa shape index (κ1) is 14.0. The van der Waals surface area contributed by atoms with E-state index in [0.717, 1.165) is 31.9 Å². The molecule has 6 nitrogen and oxygen atoms in total. The maximum absolute atomic E-state index is 11.5. The van der Waals surface area contributed by atoms with Crippen LogP contribution in [0.25, 0.3) is 0 Å². The molecule has 0 aromatic carbocycles. The Balaban J connectivity index is 2.01. The van der Waals surface area contributed by atoms with Gasteiger partial charge in [0.05, 0.1) is 20.1 Å². The number of hydrogen-bond donors (Lipinski definition) is 0. The van der Waals surface area contributed by atoms with Crippen molar-refractivity contribution in [3.63, 3.8) is 0 Å². The van der Waals surface area contributed by atoms with Gasteiger partial charge in [-0.3, -0.25) is 9.69 Å². The minimum absolute atomic E-state index is 0.131. The van der Waals surface area contributed by atoms with Crippen molar-refractivity contribution in [1.29, 1.82) is 0 Å². The molecule has 1 aliphatic heterocycles. The zero-order valence-electron chi connectivity index (χ0n) is 11.7. The Morgan fingerprint density at radius 3 is 3.11 bits per heavy atom. The van der Waals surface area contributed by atoms with Crippen molar-refractivity contribution >= 4 is 5.97 Å². The van der Waals surface area contributed by atoms with E-state index in [9.17, 15) is 4.79 Å². The standard InChI is InChI=1S/C13H22N4O2/c1-3-17-12(14-10-15-17)9-16-7-5-4-6-11(16)8-13(18)19-2/h10-11H,3-9H2,1-2H3. The van der Waals surface area contributed by atoms with Gasteiger partial charge in [0.2, 0.25) is 0 Å². The summed E-state index contributed by atoms with van der Waals surface area (Å²) in [5, 5.41) is 4.19. The molecule has 2 rings (SSSR count). The molecule has 1 aromatic heterocycles. The van der Waals surface area contributed by atoms with Gasteiger partial charge in [-0.25, -0.2) is 9.67 Å². The Morgan fingerprint density at radius 2 is 2.37 bits per heavy atom. The number of hydrogen-bond acceptors (Lipinski definition) is 5. The number of nitrogens with zero attached hydrogens (tertiary/aromatic N) is 4. The van der Waals surface area contributed by atoms with Crippen LogP contribution >= 0.6 is 0 Å². The third-order valence-electron chi connectivity index (χ3n) is 3.72. The van der Waals surface area contributed by atoms with Crippen LogP contribution in [-0.2, 0) is 22.6 Å². The van der Waals surface area contributed by atoms with Crippen molar-refractivity contribution in [1.82, 2.24) is 19.7 Å². The quantitative estimate of drug-likeness (QED) is 0.750. The second kappa shape index (κ2) is 6.65. The molecule has 19 heavy (non-hydrogen) atoms. The first-order valence-corrected chi connectivity index (χ1v) is 6.92. The summed E-state index contributed by atoms with van der Waals surface area (Å²) in [5.74, 6) is 0.841. The van der Waals surface area contributed by atoms with E-state index in [1.165, 1.54) is 20.0 Å². The van der Waals surface area contributed by atoms with E-state index >= 15 is 0 Å². The fourth-order valence-electron chi connectivity index (χ4n) is 2.63. The normalized spacial score (nSPS) is 20.4. The third-order valence-corrected chi connectivity index (χ3v) is 3.72. The van der Waals surface area contributed by atoms with E-state index in [4.69, 9.17) is 4.74 Å². The number of piperidine rings is 1. The lowest BCUT2D eigenvalue weighted by Crippen LogP contribution is -2.41. The summed E-state index contributed by atoms with van der Waals surface area (Å²) in [5.41, 5.74) is 0. The maximum atomic E-state index is 11.5. The number of carbonyl (C=O) groups is 1. The van der Waals surface area contributed by atoms with Crippen LogP contribution in [0.15, 0.2) is 6.33 Å². The zero-order valence-corrected chi connectivity index (χ0v) is 11.7. The Bertz CT molecular complexity index is 419. The molecule has 1 aromatic rings. The lowest BCUT2D eigenvalue weighted by atomic mass is 9.99. The van der Waals surface area contributed by atoms with Gasteiger partial charge >= 0.3 is 5.97 Å². The predicted octanol–water partition coefficient (Wildman–Crippen LogP) is 1.22. The molecular formula is C13H22N4O2. The Hall–Kier alpha value is -1.43. The molecule has 0 saturated carbocycles. The van der Waals surface area contributed by atoms with Crippen molar-refractivity contribution in [3.8, 4) is 0 Å². The molecule has 0 spiro atoms. The molecule has 1 aliphatic rings. The van der Waals surface area contributed by atoms with E-state index < -0.39 is 0 Å². The monoisotopic (exact) mass is 266 g/mol. The highest BCUT2D eigenvalue weighted by molar-refractivity contribution is 5.69. The molecule has 2 heterocycles. The van der Waals surface area contributed by atoms with E-state index in [0.29, 0.717) is 6.42 Å². The van der Waals surface area contributed by atoms with Crippen LogP contribution in [0.4, 0.5) is 0 Å². The van der Waals surface area contributed by atoms with Crippen molar-refractivity contribution in [2.45, 2.75) is 51.7 Å². The van der Waals surface area contributed by atoms with Crippen LogP contribution in [0.3, 0.4) is 0 Å². The number of ether oxygens (including phenoxy) is 1. The lowest BCUT2D eigenvalue weighted by molar-refractivity contribution is -0.142. The zero-order chi connectivity index (χ0) is 13.7. The maximum Gasteiger partial charge on any atom is 0.307 e. The van der Waals surface area contributed by atoms with Crippen molar-refractivity contribution in [2.24, 2.45) is 0 Å². The number of carbonyl (C=O) groups excluding carboxylic acids is 1. The highest BCUT2D eigenvalue weighted by Gasteiger charge is 2.26. The fraction of sp³-hybridized carbons (Fsp3) is 0.769. The summed E-state index contributed by atoms with van der Waals surface area (Å²) in [4.78, 5) is 18.1. The largest absolute Gasteiger partial charge is 0.469 e. The topological polar surface area (TPSA) is 60.2 Å². The molecule has 1 saturated heterocycles. The summed E-state index contributed by atoms with van der Waals surface area (Å²) in [6, 6.07) is 0.267. The first-order chi connectivity index (χ1) is 9.24. The molecule has 1 unspecified atom stereocenters. The van der Waals surface area contributed by atoms with E-state index in [2.05, 4.69) is 21.9 Å². The van der Waals surface area contributed by atoms with Gasteiger partial charge in [-0.05, 0) is 26.3 Å². The van der Waals surface area contributed by atoms with Gasteiger partial charge in [0.15, 0.2) is 0 Å². The number of esters is 1. The summed E-state index contributed by atoms with van der Waals surface area (Å²) in [7, 11) is 1.45. The predicted molar refractivity (Wildman–Crippen MR) is 70.4 cm³/mol. The van der Waals surface area contributed by atoms with Crippen LogP contribution in [0.5, 0.6) is 0 Å². The summed E-state index contributed by atoms with van der Waals surface area (Å²) >= 11 is 0. The lowest BCUT2D eigenvalue weighted by Gasteiger charge is -2.34. The van der Waals surface area contributed by atoms with Crippen molar-refractivity contribution in [2.75, 3.05) is 13.7 Å². The number of aromatic nitrogens is 3. The molecule has 0 aliphatic carbocycles. The number of aryl methyl sites for hydroxylation is 1. The molecule has 0 N–H and O–H groups in total. The van der Waals surface area contributed by atoms with E-state index in [1.54, 1.807) is 6.33 Å². The summed E-state index contributed by atoms with van der Waals surface area (Å²) in [6.45, 7) is 4.65. The molecular weight excluding hydrogens is 244 g/mol. The first-order valence-electron chi connectivity index (χ1n) is 6.92. The molecule has 0 bridgehead atoms. The van der Waals surface area contributed by atoms with Crippen molar-refractivity contribution < 1.29 is 9.53 Å². The van der Waals surface area contributed by atoms with Gasteiger partial charge in [-0.15, -0.1) is 0 Å². The molecule has 0 radical (unpaired) electrons. The van der Waals surface area contributed by atoms with Crippen molar-refractivity contribution in [3.05, 3.63) is 12.2 Å². The van der Waals surface area contributed by atoms with Gasteiger partial charge in [0.1, 0.15) is 12.2 Å². The highest BCUT2D eigenvalue weighted by Crippen LogP contribution is 2.21. The van der Waals surface area contributed by atoms with Crippen LogP contribution in [0.2, 0.25) is 0 Å². The number of rotatable bonds is 5. The Morgan fingerprint density at radius 1 is 1.53 bits per heavy atom. The van der Waals surface area contributed by atoms with Gasteiger partial charge in [-0.2, -0.15) is 5.10 Å². The van der Waals surface area contributed by atoms with Crippen LogP contribution in [0, 0.1) is 0 Å². The smallest absolute Gasteiger partial charge is 0.307 e. The minimum atomic E-state index is -0.131. The summed E-state index contributed by atoms with van der Waals surface area (Å²) in [6.07, 6.45) is 5.47. The second-order valence-electron chi connectivity index (χ2n) is 4.89. The molecule has 6 heteroatoms. The average molecular weight is 266 g/mol. The molecule has 1 fully saturated rings. The average Bonchev–Trinajstić information content (AvgIpc) is 2.88. The molecule has 0 amide bonds. The highest BCUT2D eigenvalue weighted by atomic mass is 16.5. The van der Waals surface area contributed by atoms with Crippen LogP contribution in [0.1, 0.15) is 38.4 Å². The Kier molecular flexibility index (Phi) is 4.90. The second-order valence-corrected chi connectivity index (χ2v) is 4.89. The van der Waals surface area contributed by atoms with Gasteiger partial charge in [0.25, 0.3) is 0 Å². The molecule has 106 valence electrons.